The maximum atomic E-state index is 12.2. The fraction of sp³-hybridized carbons (Fsp3) is 0.176. The number of rotatable bonds is 7. The largest absolute Gasteiger partial charge is 0.497 e. The van der Waals surface area contributed by atoms with Crippen molar-refractivity contribution in [3.05, 3.63) is 44.8 Å². The Hall–Kier alpha value is -2.26. The molecule has 9 heteroatoms. The van der Waals surface area contributed by atoms with Gasteiger partial charge in [0, 0.05) is 6.07 Å². The Morgan fingerprint density at radius 2 is 1.73 bits per heavy atom. The van der Waals surface area contributed by atoms with Crippen LogP contribution in [0.25, 0.3) is 0 Å². The smallest absolute Gasteiger partial charge is 0.335 e. The molecule has 2 aromatic rings. The van der Waals surface area contributed by atoms with Gasteiger partial charge in [0.2, 0.25) is 0 Å². The van der Waals surface area contributed by atoms with Gasteiger partial charge in [-0.15, -0.1) is 0 Å². The molecular weight excluding hydrogens is 474 g/mol. The minimum Gasteiger partial charge on any atom is -0.497 e. The summed E-state index contributed by atoms with van der Waals surface area (Å²) in [4.78, 5) is 23.2. The van der Waals surface area contributed by atoms with E-state index in [0.717, 1.165) is 0 Å². The predicted molar refractivity (Wildman–Crippen MR) is 102 cm³/mol. The lowest BCUT2D eigenvalue weighted by atomic mass is 10.2. The number of carbonyl (C=O) groups is 2. The minimum absolute atomic E-state index is 0.0866. The number of anilines is 1. The third-order valence-electron chi connectivity index (χ3n) is 3.28. The highest BCUT2D eigenvalue weighted by atomic mass is 79.9. The lowest BCUT2D eigenvalue weighted by molar-refractivity contribution is -0.118. The number of methoxy groups -OCH3 is 2. The van der Waals surface area contributed by atoms with Crippen LogP contribution in [0.3, 0.4) is 0 Å². The monoisotopic (exact) mass is 487 g/mol. The molecule has 2 aromatic carbocycles. The van der Waals surface area contributed by atoms with E-state index in [1.807, 2.05) is 0 Å². The van der Waals surface area contributed by atoms with E-state index in [4.69, 9.17) is 19.3 Å². The van der Waals surface area contributed by atoms with Gasteiger partial charge in [0.1, 0.15) is 17.2 Å². The molecular formula is C17H15Br2NO6. The van der Waals surface area contributed by atoms with Gasteiger partial charge >= 0.3 is 5.97 Å². The first-order valence-electron chi connectivity index (χ1n) is 7.22. The number of halogens is 2. The number of aromatic carboxylic acids is 1. The van der Waals surface area contributed by atoms with E-state index in [2.05, 4.69) is 37.2 Å². The topological polar surface area (TPSA) is 94.1 Å². The number of ether oxygens (including phenoxy) is 3. The van der Waals surface area contributed by atoms with Gasteiger partial charge in [0.15, 0.2) is 6.61 Å². The van der Waals surface area contributed by atoms with Gasteiger partial charge in [-0.2, -0.15) is 0 Å². The lowest BCUT2D eigenvalue weighted by Crippen LogP contribution is -2.20. The number of amides is 1. The summed E-state index contributed by atoms with van der Waals surface area (Å²) in [6, 6.07) is 7.79. The van der Waals surface area contributed by atoms with Gasteiger partial charge in [-0.05, 0) is 56.1 Å². The summed E-state index contributed by atoms with van der Waals surface area (Å²) in [5.74, 6) is -0.0999. The second-order valence-corrected chi connectivity index (χ2v) is 6.69. The molecule has 2 rings (SSSR count). The quantitative estimate of drug-likeness (QED) is 0.613. The third-order valence-corrected chi connectivity index (χ3v) is 4.45. The van der Waals surface area contributed by atoms with E-state index in [-0.39, 0.29) is 12.2 Å². The summed E-state index contributed by atoms with van der Waals surface area (Å²) in [7, 11) is 3.02. The van der Waals surface area contributed by atoms with Gasteiger partial charge in [-0.1, -0.05) is 0 Å². The standard InChI is InChI=1S/C17H15Br2NO6/c1-24-10-3-4-13(14(7-10)25-2)20-15(21)8-26-16-11(18)5-9(17(22)23)6-12(16)19/h3-7H,8H2,1-2H3,(H,20,21)(H,22,23). The summed E-state index contributed by atoms with van der Waals surface area (Å²) in [6.07, 6.45) is 0. The Kier molecular flexibility index (Phi) is 6.87. The molecule has 1 amide bonds. The molecule has 26 heavy (non-hydrogen) atoms. The summed E-state index contributed by atoms with van der Waals surface area (Å²) in [5, 5.41) is 11.7. The van der Waals surface area contributed by atoms with Crippen LogP contribution in [0.1, 0.15) is 10.4 Å². The number of benzene rings is 2. The average molecular weight is 489 g/mol. The van der Waals surface area contributed by atoms with Gasteiger partial charge in [0.25, 0.3) is 5.91 Å². The van der Waals surface area contributed by atoms with E-state index in [1.54, 1.807) is 18.2 Å². The summed E-state index contributed by atoms with van der Waals surface area (Å²) in [6.45, 7) is -0.279. The lowest BCUT2D eigenvalue weighted by Gasteiger charge is -2.13. The van der Waals surface area contributed by atoms with Crippen LogP contribution in [0.2, 0.25) is 0 Å². The van der Waals surface area contributed by atoms with Crippen LogP contribution in [0, 0.1) is 0 Å². The number of carboxylic acids is 1. The summed E-state index contributed by atoms with van der Waals surface area (Å²) >= 11 is 6.48. The third kappa shape index (κ3) is 4.89. The molecule has 0 aliphatic carbocycles. The predicted octanol–water partition coefficient (Wildman–Crippen LogP) is 3.94. The van der Waals surface area contributed by atoms with Crippen molar-refractivity contribution in [3.8, 4) is 17.2 Å². The molecule has 0 unspecified atom stereocenters. The number of nitrogens with one attached hydrogen (secondary N) is 1. The zero-order chi connectivity index (χ0) is 19.3. The zero-order valence-electron chi connectivity index (χ0n) is 13.8. The second kappa shape index (κ2) is 8.91. The van der Waals surface area contributed by atoms with Crippen LogP contribution in [-0.4, -0.2) is 37.8 Å². The van der Waals surface area contributed by atoms with Crippen molar-refractivity contribution in [1.29, 1.82) is 0 Å². The number of carboxylic acid groups (broad SMARTS) is 1. The molecule has 0 spiro atoms. The first-order chi connectivity index (χ1) is 12.3. The van der Waals surface area contributed by atoms with E-state index < -0.39 is 11.9 Å². The van der Waals surface area contributed by atoms with Crippen molar-refractivity contribution < 1.29 is 28.9 Å². The van der Waals surface area contributed by atoms with E-state index in [0.29, 0.717) is 31.9 Å². The maximum Gasteiger partial charge on any atom is 0.335 e. The molecule has 0 aliphatic heterocycles. The fourth-order valence-corrected chi connectivity index (χ4v) is 3.46. The molecule has 0 aliphatic rings. The van der Waals surface area contributed by atoms with E-state index in [1.165, 1.54) is 26.4 Å². The Morgan fingerprint density at radius 1 is 1.08 bits per heavy atom. The van der Waals surface area contributed by atoms with Gasteiger partial charge in [-0.3, -0.25) is 4.79 Å². The molecule has 0 saturated carbocycles. The van der Waals surface area contributed by atoms with Crippen LogP contribution in [0.4, 0.5) is 5.69 Å². The number of hydrogen-bond acceptors (Lipinski definition) is 5. The van der Waals surface area contributed by atoms with Crippen molar-refractivity contribution in [2.45, 2.75) is 0 Å². The summed E-state index contributed by atoms with van der Waals surface area (Å²) < 4.78 is 16.6. The van der Waals surface area contributed by atoms with Crippen LogP contribution in [0.5, 0.6) is 17.2 Å². The highest BCUT2D eigenvalue weighted by molar-refractivity contribution is 9.11. The number of hydrogen-bond donors (Lipinski definition) is 2. The first kappa shape index (κ1) is 20.1. The fourth-order valence-electron chi connectivity index (χ4n) is 2.05. The SMILES string of the molecule is COc1ccc(NC(=O)COc2c(Br)cc(C(=O)O)cc2Br)c(OC)c1. The maximum absolute atomic E-state index is 12.2. The average Bonchev–Trinajstić information content (AvgIpc) is 2.61. The molecule has 7 nitrogen and oxygen atoms in total. The summed E-state index contributed by atoms with van der Waals surface area (Å²) in [5.41, 5.74) is 0.560. The Bertz CT molecular complexity index is 817. The molecule has 0 aromatic heterocycles. The molecule has 0 atom stereocenters. The highest BCUT2D eigenvalue weighted by Gasteiger charge is 2.15. The number of carbonyl (C=O) groups excluding carboxylic acids is 1. The van der Waals surface area contributed by atoms with Crippen molar-refractivity contribution in [3.63, 3.8) is 0 Å². The van der Waals surface area contributed by atoms with Crippen molar-refractivity contribution in [1.82, 2.24) is 0 Å². The van der Waals surface area contributed by atoms with E-state index in [9.17, 15) is 9.59 Å². The highest BCUT2D eigenvalue weighted by Crippen LogP contribution is 2.35. The van der Waals surface area contributed by atoms with Gasteiger partial charge < -0.3 is 24.6 Å². The van der Waals surface area contributed by atoms with Gasteiger partial charge in [0.05, 0.1) is 34.4 Å². The molecule has 0 radical (unpaired) electrons. The van der Waals surface area contributed by atoms with Crippen LogP contribution in [0.15, 0.2) is 39.3 Å². The molecule has 0 heterocycles. The van der Waals surface area contributed by atoms with E-state index >= 15 is 0 Å². The minimum atomic E-state index is -1.07. The van der Waals surface area contributed by atoms with Crippen LogP contribution in [-0.2, 0) is 4.79 Å². The first-order valence-corrected chi connectivity index (χ1v) is 8.81. The van der Waals surface area contributed by atoms with Crippen LogP contribution >= 0.6 is 31.9 Å². The normalized spacial score (nSPS) is 10.2. The molecule has 138 valence electrons. The van der Waals surface area contributed by atoms with Crippen LogP contribution < -0.4 is 19.5 Å². The van der Waals surface area contributed by atoms with Gasteiger partial charge in [-0.25, -0.2) is 4.79 Å². The zero-order valence-corrected chi connectivity index (χ0v) is 17.0. The Balaban J connectivity index is 2.07. The van der Waals surface area contributed by atoms with Crippen molar-refractivity contribution in [2.24, 2.45) is 0 Å². The van der Waals surface area contributed by atoms with Crippen molar-refractivity contribution >= 4 is 49.4 Å². The molecule has 0 bridgehead atoms. The molecule has 2 N–H and O–H groups in total. The second-order valence-electron chi connectivity index (χ2n) is 4.98. The Labute approximate surface area is 166 Å². The molecule has 0 saturated heterocycles. The van der Waals surface area contributed by atoms with Crippen molar-refractivity contribution in [2.75, 3.05) is 26.1 Å². The Morgan fingerprint density at radius 3 is 2.27 bits per heavy atom. The molecule has 0 fully saturated rings.